The number of aliphatic hydroxyl groups is 1. The smallest absolute Gasteiger partial charge is 0.462 e. The quantitative estimate of drug-likeness (QED) is 0.0222. The van der Waals surface area contributed by atoms with Crippen LogP contribution in [0.25, 0.3) is 0 Å². The molecule has 0 aliphatic rings. The molecule has 0 spiro atoms. The van der Waals surface area contributed by atoms with Gasteiger partial charge >= 0.3 is 39.5 Å². The monoisotopic (exact) mass is 1480 g/mol. The molecule has 0 aliphatic heterocycles. The number of phosphoric acid groups is 2. The molecule has 0 saturated heterocycles. The average Bonchev–Trinajstić information content (AvgIpc) is 0.982. The van der Waals surface area contributed by atoms with Gasteiger partial charge in [0.2, 0.25) is 0 Å². The Labute approximate surface area is 619 Å². The summed E-state index contributed by atoms with van der Waals surface area (Å²) in [6.07, 6.45) is 64.4. The van der Waals surface area contributed by atoms with Crippen LogP contribution in [0.15, 0.2) is 0 Å². The molecule has 19 heteroatoms. The maximum absolute atomic E-state index is 13.1. The number of ether oxygens (including phenoxy) is 4. The van der Waals surface area contributed by atoms with Gasteiger partial charge < -0.3 is 33.8 Å². The van der Waals surface area contributed by atoms with Crippen LogP contribution in [0.4, 0.5) is 0 Å². The van der Waals surface area contributed by atoms with E-state index in [1.165, 1.54) is 244 Å². The molecule has 0 saturated carbocycles. The standard InChI is InChI=1S/C82H160O17P2/c1-7-9-11-13-15-17-19-21-23-25-27-28-29-31-33-35-37-39-41-46-54-60-66-81(86)98-77(70-92-79(84)64-58-52-45-40-38-36-34-32-30-26-24-22-20-18-16-14-12-10-8-2)72-96-100(88,89)94-68-76(83)69-95-101(90,91)97-73-78(71-93-80(85)65-59-53-49-48-51-57-63-75(5)6)99-82(87)67-61-55-47-43-42-44-50-56-62-74(3)4/h74-78,83H,7-73H2,1-6H3,(H,88,89)(H,90,91)/t76-,77-,78-/m1/s1. The summed E-state index contributed by atoms with van der Waals surface area (Å²) in [7, 11) is -9.92. The largest absolute Gasteiger partial charge is 0.472 e. The van der Waals surface area contributed by atoms with Gasteiger partial charge in [0.1, 0.15) is 19.3 Å². The summed E-state index contributed by atoms with van der Waals surface area (Å²) in [6, 6.07) is 0. The SMILES string of the molecule is CCCCCCCCCCCCCCCCCCCCCCCCC(=O)O[C@H](COC(=O)CCCCCCCCCCCCCCCCCCCCC)COP(=O)(O)OC[C@@H](O)COP(=O)(O)OC[C@@H](COC(=O)CCCCCCCCC(C)C)OC(=O)CCCCCCCCCCC(C)C. The minimum atomic E-state index is -4.96. The number of carbonyl (C=O) groups is 4. The lowest BCUT2D eigenvalue weighted by Crippen LogP contribution is -2.30. The Kier molecular flexibility index (Phi) is 72.2. The molecule has 0 heterocycles. The molecular weight excluding hydrogens is 1320 g/mol. The van der Waals surface area contributed by atoms with Crippen molar-refractivity contribution in [3.63, 3.8) is 0 Å². The van der Waals surface area contributed by atoms with E-state index in [4.69, 9.17) is 37.0 Å². The van der Waals surface area contributed by atoms with E-state index in [0.717, 1.165) is 102 Å². The van der Waals surface area contributed by atoms with Crippen molar-refractivity contribution in [3.05, 3.63) is 0 Å². The van der Waals surface area contributed by atoms with Gasteiger partial charge in [-0.25, -0.2) is 9.13 Å². The normalized spacial score (nSPS) is 13.9. The van der Waals surface area contributed by atoms with Gasteiger partial charge in [0.15, 0.2) is 12.2 Å². The molecule has 17 nitrogen and oxygen atoms in total. The first-order valence-electron chi connectivity index (χ1n) is 42.5. The van der Waals surface area contributed by atoms with Gasteiger partial charge in [-0.15, -0.1) is 0 Å². The number of aliphatic hydroxyl groups excluding tert-OH is 1. The van der Waals surface area contributed by atoms with Gasteiger partial charge in [0.05, 0.1) is 26.4 Å². The average molecular weight is 1480 g/mol. The fraction of sp³-hybridized carbons (Fsp3) is 0.951. The number of hydrogen-bond acceptors (Lipinski definition) is 15. The van der Waals surface area contributed by atoms with Crippen molar-refractivity contribution in [2.75, 3.05) is 39.6 Å². The molecule has 2 unspecified atom stereocenters. The molecule has 0 aliphatic carbocycles. The van der Waals surface area contributed by atoms with E-state index in [1.807, 2.05) is 0 Å². The van der Waals surface area contributed by atoms with Crippen LogP contribution in [-0.4, -0.2) is 96.7 Å². The predicted molar refractivity (Wildman–Crippen MR) is 414 cm³/mol. The fourth-order valence-electron chi connectivity index (χ4n) is 12.7. The molecule has 600 valence electrons. The summed E-state index contributed by atoms with van der Waals surface area (Å²) in [5.74, 6) is -0.717. The second kappa shape index (κ2) is 73.6. The van der Waals surface area contributed by atoms with Crippen LogP contribution in [0.2, 0.25) is 0 Å². The van der Waals surface area contributed by atoms with Gasteiger partial charge in [-0.1, -0.05) is 382 Å². The minimum absolute atomic E-state index is 0.104. The molecule has 0 fully saturated rings. The Morgan fingerprint density at radius 1 is 0.267 bits per heavy atom. The maximum Gasteiger partial charge on any atom is 0.472 e. The second-order valence-electron chi connectivity index (χ2n) is 30.5. The molecule has 0 radical (unpaired) electrons. The lowest BCUT2D eigenvalue weighted by molar-refractivity contribution is -0.161. The summed E-state index contributed by atoms with van der Waals surface area (Å²) in [4.78, 5) is 72.9. The molecule has 3 N–H and O–H groups in total. The summed E-state index contributed by atoms with van der Waals surface area (Å²) in [5, 5.41) is 10.6. The first-order chi connectivity index (χ1) is 48.9. The van der Waals surface area contributed by atoms with E-state index in [-0.39, 0.29) is 25.7 Å². The molecular formula is C82H160O17P2. The van der Waals surface area contributed by atoms with Crippen molar-refractivity contribution in [2.24, 2.45) is 11.8 Å². The summed E-state index contributed by atoms with van der Waals surface area (Å²) < 4.78 is 68.6. The molecule has 0 aromatic heterocycles. The van der Waals surface area contributed by atoms with Crippen molar-refractivity contribution in [1.29, 1.82) is 0 Å². The Balaban J connectivity index is 5.18. The van der Waals surface area contributed by atoms with Gasteiger partial charge in [-0.05, 0) is 37.5 Å². The highest BCUT2D eigenvalue weighted by molar-refractivity contribution is 7.47. The third-order valence-corrected chi connectivity index (χ3v) is 21.1. The highest BCUT2D eigenvalue weighted by atomic mass is 31.2. The third-order valence-electron chi connectivity index (χ3n) is 19.2. The van der Waals surface area contributed by atoms with Gasteiger partial charge in [0, 0.05) is 25.7 Å². The van der Waals surface area contributed by atoms with Crippen molar-refractivity contribution >= 4 is 39.5 Å². The van der Waals surface area contributed by atoms with E-state index < -0.39 is 97.5 Å². The molecule has 0 amide bonds. The van der Waals surface area contributed by atoms with Gasteiger partial charge in [0.25, 0.3) is 0 Å². The highest BCUT2D eigenvalue weighted by Crippen LogP contribution is 2.45. The van der Waals surface area contributed by atoms with E-state index in [9.17, 15) is 43.2 Å². The van der Waals surface area contributed by atoms with Crippen molar-refractivity contribution < 1.29 is 80.2 Å². The molecule has 0 bridgehead atoms. The number of rotatable bonds is 81. The number of phosphoric ester groups is 2. The number of hydrogen-bond donors (Lipinski definition) is 3. The number of esters is 4. The predicted octanol–water partition coefficient (Wildman–Crippen LogP) is 24.7. The second-order valence-corrected chi connectivity index (χ2v) is 33.4. The molecule has 101 heavy (non-hydrogen) atoms. The van der Waals surface area contributed by atoms with E-state index in [2.05, 4.69) is 41.5 Å². The lowest BCUT2D eigenvalue weighted by Gasteiger charge is -2.21. The summed E-state index contributed by atoms with van der Waals surface area (Å²) in [5.41, 5.74) is 0. The van der Waals surface area contributed by atoms with Crippen LogP contribution in [0.3, 0.4) is 0 Å². The van der Waals surface area contributed by atoms with Crippen LogP contribution in [0, 0.1) is 11.8 Å². The number of unbranched alkanes of at least 4 members (excludes halogenated alkanes) is 51. The van der Waals surface area contributed by atoms with Gasteiger partial charge in [-0.2, -0.15) is 0 Å². The fourth-order valence-corrected chi connectivity index (χ4v) is 14.3. The summed E-state index contributed by atoms with van der Waals surface area (Å²) >= 11 is 0. The first-order valence-corrected chi connectivity index (χ1v) is 45.5. The van der Waals surface area contributed by atoms with Crippen LogP contribution >= 0.6 is 15.6 Å². The Hall–Kier alpha value is -1.94. The Bertz CT molecular complexity index is 1940. The third kappa shape index (κ3) is 76.1. The van der Waals surface area contributed by atoms with Crippen molar-refractivity contribution in [3.8, 4) is 0 Å². The van der Waals surface area contributed by atoms with Crippen LogP contribution in [0.5, 0.6) is 0 Å². The van der Waals surface area contributed by atoms with E-state index in [0.29, 0.717) is 31.6 Å². The topological polar surface area (TPSA) is 237 Å². The highest BCUT2D eigenvalue weighted by Gasteiger charge is 2.30. The number of carbonyl (C=O) groups excluding carboxylic acids is 4. The lowest BCUT2D eigenvalue weighted by atomic mass is 10.0. The zero-order valence-electron chi connectivity index (χ0n) is 66.2. The molecule has 0 rings (SSSR count). The van der Waals surface area contributed by atoms with Crippen LogP contribution in [0.1, 0.15) is 433 Å². The first kappa shape index (κ1) is 99.1. The van der Waals surface area contributed by atoms with E-state index >= 15 is 0 Å². The molecule has 0 aromatic rings. The zero-order valence-corrected chi connectivity index (χ0v) is 68.0. The van der Waals surface area contributed by atoms with Crippen molar-refractivity contribution in [1.82, 2.24) is 0 Å². The zero-order chi connectivity index (χ0) is 74.2. The summed E-state index contributed by atoms with van der Waals surface area (Å²) in [6.45, 7) is 9.50. The Morgan fingerprint density at radius 3 is 0.673 bits per heavy atom. The molecule has 5 atom stereocenters. The van der Waals surface area contributed by atoms with Crippen LogP contribution in [-0.2, 0) is 65.4 Å². The van der Waals surface area contributed by atoms with Crippen LogP contribution < -0.4 is 0 Å². The van der Waals surface area contributed by atoms with Gasteiger partial charge in [-0.3, -0.25) is 37.3 Å². The molecule has 0 aromatic carbocycles. The van der Waals surface area contributed by atoms with Crippen molar-refractivity contribution in [2.45, 2.75) is 452 Å². The van der Waals surface area contributed by atoms with E-state index in [1.54, 1.807) is 0 Å². The maximum atomic E-state index is 13.1. The Morgan fingerprint density at radius 2 is 0.455 bits per heavy atom. The minimum Gasteiger partial charge on any atom is -0.462 e.